The lowest BCUT2D eigenvalue weighted by atomic mass is 9.81. The number of fused-ring (bicyclic) bond motifs is 1. The van der Waals surface area contributed by atoms with Crippen molar-refractivity contribution in [3.05, 3.63) is 45.3 Å². The number of ether oxygens (including phenoxy) is 1. The number of benzene rings is 1. The molecule has 1 saturated carbocycles. The SMILES string of the molecule is CC(C)C[C@H](C(=O)N1C[C@H](N=[N+]=[N-])[C@H]2OCC(=O)[C@H]21)c1cc(C2CCN(C3CC3)CC2)ccc1C(N)=O. The van der Waals surface area contributed by atoms with E-state index in [1.165, 1.54) is 17.7 Å². The van der Waals surface area contributed by atoms with Gasteiger partial charge in [-0.15, -0.1) is 0 Å². The number of nitrogens with two attached hydrogens (primary N) is 1. The van der Waals surface area contributed by atoms with E-state index in [4.69, 9.17) is 16.0 Å². The van der Waals surface area contributed by atoms with E-state index in [0.717, 1.165) is 37.5 Å². The number of primary amides is 1. The van der Waals surface area contributed by atoms with Crippen LogP contribution in [0.5, 0.6) is 0 Å². The van der Waals surface area contributed by atoms with Crippen molar-refractivity contribution in [1.29, 1.82) is 0 Å². The molecule has 3 aliphatic heterocycles. The van der Waals surface area contributed by atoms with Crippen LogP contribution in [-0.2, 0) is 14.3 Å². The van der Waals surface area contributed by atoms with Crippen molar-refractivity contribution in [3.63, 3.8) is 0 Å². The highest BCUT2D eigenvalue weighted by Crippen LogP contribution is 2.39. The lowest BCUT2D eigenvalue weighted by molar-refractivity contribution is -0.138. The Kier molecular flexibility index (Phi) is 7.25. The Morgan fingerprint density at radius 2 is 1.95 bits per heavy atom. The highest BCUT2D eigenvalue weighted by Gasteiger charge is 2.53. The van der Waals surface area contributed by atoms with Crippen molar-refractivity contribution in [2.75, 3.05) is 26.2 Å². The summed E-state index contributed by atoms with van der Waals surface area (Å²) in [4.78, 5) is 46.3. The molecule has 1 aromatic rings. The first kappa shape index (κ1) is 25.7. The van der Waals surface area contributed by atoms with Crippen LogP contribution in [0.1, 0.15) is 79.3 Å². The van der Waals surface area contributed by atoms with Crippen LogP contribution in [0.4, 0.5) is 0 Å². The van der Waals surface area contributed by atoms with Crippen molar-refractivity contribution in [2.24, 2.45) is 16.8 Å². The molecule has 10 heteroatoms. The molecule has 0 aromatic heterocycles. The largest absolute Gasteiger partial charge is 0.367 e. The van der Waals surface area contributed by atoms with Crippen LogP contribution < -0.4 is 5.73 Å². The number of carbonyl (C=O) groups is 3. The number of piperidine rings is 1. The van der Waals surface area contributed by atoms with E-state index in [9.17, 15) is 14.4 Å². The summed E-state index contributed by atoms with van der Waals surface area (Å²) in [5.41, 5.74) is 16.9. The van der Waals surface area contributed by atoms with Gasteiger partial charge in [0.2, 0.25) is 11.8 Å². The number of nitrogens with zero attached hydrogens (tertiary/aromatic N) is 5. The first-order valence-corrected chi connectivity index (χ1v) is 13.4. The summed E-state index contributed by atoms with van der Waals surface area (Å²) in [6.07, 6.45) is 4.55. The molecule has 2 N–H and O–H groups in total. The van der Waals surface area contributed by atoms with Gasteiger partial charge in [0.15, 0.2) is 5.78 Å². The van der Waals surface area contributed by atoms with Gasteiger partial charge in [-0.05, 0) is 79.8 Å². The van der Waals surface area contributed by atoms with Gasteiger partial charge >= 0.3 is 0 Å². The number of Topliss-reactive ketones (excluding diaryl/α,β-unsaturated/α-hetero) is 1. The molecule has 0 spiro atoms. The lowest BCUT2D eigenvalue weighted by Gasteiger charge is -2.33. The Balaban J connectivity index is 1.47. The van der Waals surface area contributed by atoms with E-state index in [2.05, 4.69) is 14.9 Å². The van der Waals surface area contributed by atoms with Crippen LogP contribution in [0.15, 0.2) is 23.3 Å². The first-order valence-electron chi connectivity index (χ1n) is 13.4. The highest BCUT2D eigenvalue weighted by atomic mass is 16.5. The highest BCUT2D eigenvalue weighted by molar-refractivity contribution is 5.99. The number of likely N-dealkylation sites (tertiary alicyclic amines) is 2. The van der Waals surface area contributed by atoms with E-state index >= 15 is 0 Å². The molecule has 0 radical (unpaired) electrons. The van der Waals surface area contributed by atoms with Crippen molar-refractivity contribution in [1.82, 2.24) is 9.80 Å². The normalized spacial score (nSPS) is 27.3. The van der Waals surface area contributed by atoms with Gasteiger partial charge in [0.05, 0.1) is 18.1 Å². The van der Waals surface area contributed by atoms with Crippen molar-refractivity contribution >= 4 is 17.6 Å². The van der Waals surface area contributed by atoms with Crippen LogP contribution in [0.2, 0.25) is 0 Å². The summed E-state index contributed by atoms with van der Waals surface area (Å²) < 4.78 is 5.61. The summed E-state index contributed by atoms with van der Waals surface area (Å²) in [7, 11) is 0. The molecule has 4 fully saturated rings. The van der Waals surface area contributed by atoms with Crippen molar-refractivity contribution < 1.29 is 19.1 Å². The lowest BCUT2D eigenvalue weighted by Crippen LogP contribution is -2.44. The first-order chi connectivity index (χ1) is 17.8. The molecule has 10 nitrogen and oxygen atoms in total. The fourth-order valence-electron chi connectivity index (χ4n) is 6.44. The van der Waals surface area contributed by atoms with E-state index in [1.54, 1.807) is 6.07 Å². The van der Waals surface area contributed by atoms with E-state index in [0.29, 0.717) is 23.5 Å². The Morgan fingerprint density at radius 1 is 1.22 bits per heavy atom. The molecule has 198 valence electrons. The van der Waals surface area contributed by atoms with Crippen LogP contribution in [-0.4, -0.2) is 77.9 Å². The fraction of sp³-hybridized carbons (Fsp3) is 0.667. The molecule has 4 atom stereocenters. The minimum absolute atomic E-state index is 0.104. The summed E-state index contributed by atoms with van der Waals surface area (Å²) in [5, 5.41) is 3.80. The monoisotopic (exact) mass is 508 g/mol. The Bertz CT molecular complexity index is 1120. The standard InChI is InChI=1S/C27H36N6O4/c1-15(2)11-21(27(36)33-13-22(30-31-29)25-24(33)23(34)14-37-25)20-12-17(3-6-19(20)26(28)35)16-7-9-32(10-8-16)18-4-5-18/h3,6,12,15-16,18,21-22,24-25H,4-5,7-11,13-14H2,1-2H3,(H2,28,35)/t21-,22-,24+,25+/m0/s1. The summed E-state index contributed by atoms with van der Waals surface area (Å²) in [6, 6.07) is 5.11. The fourth-order valence-corrected chi connectivity index (χ4v) is 6.44. The average Bonchev–Trinajstić information content (AvgIpc) is 3.57. The molecule has 0 bridgehead atoms. The van der Waals surface area contributed by atoms with Gasteiger partial charge in [0.25, 0.3) is 0 Å². The number of ketones is 1. The predicted molar refractivity (Wildman–Crippen MR) is 137 cm³/mol. The summed E-state index contributed by atoms with van der Waals surface area (Å²) in [5.74, 6) is -1.14. The van der Waals surface area contributed by atoms with Gasteiger partial charge in [-0.3, -0.25) is 14.4 Å². The molecule has 3 heterocycles. The molecule has 3 saturated heterocycles. The Hall–Kier alpha value is -2.94. The molecule has 37 heavy (non-hydrogen) atoms. The third kappa shape index (κ3) is 5.10. The van der Waals surface area contributed by atoms with Gasteiger partial charge in [-0.2, -0.15) is 0 Å². The molecule has 0 unspecified atom stereocenters. The zero-order chi connectivity index (χ0) is 26.3. The maximum absolute atomic E-state index is 14.1. The van der Waals surface area contributed by atoms with Crippen LogP contribution >= 0.6 is 0 Å². The Morgan fingerprint density at radius 3 is 2.57 bits per heavy atom. The minimum atomic E-state index is -0.773. The quantitative estimate of drug-likeness (QED) is 0.326. The molecular weight excluding hydrogens is 472 g/mol. The topological polar surface area (TPSA) is 142 Å². The van der Waals surface area contributed by atoms with E-state index in [-0.39, 0.29) is 30.8 Å². The van der Waals surface area contributed by atoms with Gasteiger partial charge in [0, 0.05) is 23.1 Å². The van der Waals surface area contributed by atoms with Crippen molar-refractivity contribution in [2.45, 2.75) is 82.0 Å². The van der Waals surface area contributed by atoms with Crippen LogP contribution in [0.25, 0.3) is 10.4 Å². The number of hydrogen-bond acceptors (Lipinski definition) is 6. The third-order valence-electron chi connectivity index (χ3n) is 8.43. The van der Waals surface area contributed by atoms with E-state index in [1.807, 2.05) is 26.0 Å². The second kappa shape index (κ2) is 10.4. The van der Waals surface area contributed by atoms with Crippen LogP contribution in [0.3, 0.4) is 0 Å². The van der Waals surface area contributed by atoms with Crippen LogP contribution in [0, 0.1) is 5.92 Å². The average molecular weight is 509 g/mol. The molecule has 2 amide bonds. The van der Waals surface area contributed by atoms with Gasteiger partial charge in [-0.25, -0.2) is 0 Å². The maximum atomic E-state index is 14.1. The predicted octanol–water partition coefficient (Wildman–Crippen LogP) is 3.11. The summed E-state index contributed by atoms with van der Waals surface area (Å²) in [6.45, 7) is 6.20. The smallest absolute Gasteiger partial charge is 0.249 e. The number of hydrogen-bond donors (Lipinski definition) is 1. The number of azide groups is 1. The molecule has 1 aromatic carbocycles. The number of carbonyl (C=O) groups excluding carboxylic acids is 3. The second-order valence-electron chi connectivity index (χ2n) is 11.4. The summed E-state index contributed by atoms with van der Waals surface area (Å²) >= 11 is 0. The maximum Gasteiger partial charge on any atom is 0.249 e. The molecule has 5 rings (SSSR count). The van der Waals surface area contributed by atoms with Gasteiger partial charge in [0.1, 0.15) is 12.6 Å². The van der Waals surface area contributed by atoms with Crippen molar-refractivity contribution in [3.8, 4) is 0 Å². The molecular formula is C27H36N6O4. The minimum Gasteiger partial charge on any atom is -0.367 e. The second-order valence-corrected chi connectivity index (χ2v) is 11.4. The van der Waals surface area contributed by atoms with Gasteiger partial charge < -0.3 is 20.3 Å². The zero-order valence-corrected chi connectivity index (χ0v) is 21.6. The molecule has 4 aliphatic rings. The number of rotatable bonds is 8. The Labute approximate surface area is 217 Å². The number of amides is 2. The van der Waals surface area contributed by atoms with Gasteiger partial charge in [-0.1, -0.05) is 31.1 Å². The third-order valence-corrected chi connectivity index (χ3v) is 8.43. The zero-order valence-electron chi connectivity index (χ0n) is 21.6. The molecule has 1 aliphatic carbocycles. The van der Waals surface area contributed by atoms with E-state index < -0.39 is 30.0 Å².